The summed E-state index contributed by atoms with van der Waals surface area (Å²) in [6.07, 6.45) is -0.313. The van der Waals surface area contributed by atoms with Gasteiger partial charge in [-0.15, -0.1) is 0 Å². The van der Waals surface area contributed by atoms with E-state index in [4.69, 9.17) is 10.5 Å². The predicted octanol–water partition coefficient (Wildman–Crippen LogP) is 3.37. The zero-order valence-corrected chi connectivity index (χ0v) is 12.4. The van der Waals surface area contributed by atoms with Gasteiger partial charge in [0.15, 0.2) is 0 Å². The molecule has 3 heteroatoms. The Bertz CT molecular complexity index is 498. The molecule has 3 nitrogen and oxygen atoms in total. The molecule has 0 aromatic heterocycles. The van der Waals surface area contributed by atoms with Gasteiger partial charge in [0.1, 0.15) is 6.10 Å². The van der Waals surface area contributed by atoms with Crippen LogP contribution in [0.3, 0.4) is 0 Å². The Balaban J connectivity index is 3.08. The molecule has 0 bridgehead atoms. The summed E-state index contributed by atoms with van der Waals surface area (Å²) in [5.74, 6) is -0.371. The summed E-state index contributed by atoms with van der Waals surface area (Å²) in [4.78, 5) is 11.6. The standard InChI is InChI=1S/C16H23NO2/c1-10(2)15(18)19-12(4)13-8-7-9-14(11(13)3)16(5,6)17/h7-9,12H,1,17H2,2-6H3. The zero-order chi connectivity index (χ0) is 14.8. The van der Waals surface area contributed by atoms with Crippen LogP contribution in [0.4, 0.5) is 0 Å². The smallest absolute Gasteiger partial charge is 0.333 e. The van der Waals surface area contributed by atoms with Crippen molar-refractivity contribution in [1.29, 1.82) is 0 Å². The third-order valence-electron chi connectivity index (χ3n) is 3.14. The number of carbonyl (C=O) groups excluding carboxylic acids is 1. The van der Waals surface area contributed by atoms with Crippen molar-refractivity contribution in [2.75, 3.05) is 0 Å². The van der Waals surface area contributed by atoms with E-state index in [9.17, 15) is 4.79 Å². The summed E-state index contributed by atoms with van der Waals surface area (Å²) in [6.45, 7) is 13.0. The first-order valence-electron chi connectivity index (χ1n) is 6.40. The maximum Gasteiger partial charge on any atom is 0.333 e. The van der Waals surface area contributed by atoms with E-state index >= 15 is 0 Å². The van der Waals surface area contributed by atoms with Gasteiger partial charge < -0.3 is 10.5 Å². The molecular weight excluding hydrogens is 238 g/mol. The Kier molecular flexibility index (Phi) is 4.53. The first-order chi connectivity index (χ1) is 8.64. The first-order valence-corrected chi connectivity index (χ1v) is 6.40. The van der Waals surface area contributed by atoms with Crippen molar-refractivity contribution in [2.45, 2.75) is 46.3 Å². The van der Waals surface area contributed by atoms with E-state index in [2.05, 4.69) is 6.58 Å². The second kappa shape index (κ2) is 5.57. The predicted molar refractivity (Wildman–Crippen MR) is 77.7 cm³/mol. The van der Waals surface area contributed by atoms with E-state index in [0.29, 0.717) is 5.57 Å². The van der Waals surface area contributed by atoms with Crippen LogP contribution in [0.2, 0.25) is 0 Å². The molecular formula is C16H23NO2. The number of carbonyl (C=O) groups is 1. The highest BCUT2D eigenvalue weighted by Crippen LogP contribution is 2.28. The van der Waals surface area contributed by atoms with Crippen molar-refractivity contribution in [1.82, 2.24) is 0 Å². The normalized spacial score (nSPS) is 12.9. The van der Waals surface area contributed by atoms with Crippen molar-refractivity contribution in [3.8, 4) is 0 Å². The van der Waals surface area contributed by atoms with Crippen molar-refractivity contribution in [3.63, 3.8) is 0 Å². The zero-order valence-electron chi connectivity index (χ0n) is 12.4. The van der Waals surface area contributed by atoms with Crippen molar-refractivity contribution in [3.05, 3.63) is 47.0 Å². The average Bonchev–Trinajstić information content (AvgIpc) is 2.27. The monoisotopic (exact) mass is 261 g/mol. The summed E-state index contributed by atoms with van der Waals surface area (Å²) in [5, 5.41) is 0. The molecule has 1 aromatic carbocycles. The van der Waals surface area contributed by atoms with E-state index in [1.54, 1.807) is 6.92 Å². The Morgan fingerprint density at radius 2 is 2.00 bits per heavy atom. The fourth-order valence-corrected chi connectivity index (χ4v) is 2.12. The molecule has 0 heterocycles. The SMILES string of the molecule is C=C(C)C(=O)OC(C)c1cccc(C(C)(C)N)c1C. The van der Waals surface area contributed by atoms with Gasteiger partial charge in [-0.3, -0.25) is 0 Å². The summed E-state index contributed by atoms with van der Waals surface area (Å²) in [6, 6.07) is 5.91. The third-order valence-corrected chi connectivity index (χ3v) is 3.14. The lowest BCUT2D eigenvalue weighted by atomic mass is 9.88. The van der Waals surface area contributed by atoms with E-state index < -0.39 is 5.54 Å². The number of nitrogens with two attached hydrogens (primary N) is 1. The summed E-state index contributed by atoms with van der Waals surface area (Å²) >= 11 is 0. The Labute approximate surface area is 115 Å². The largest absolute Gasteiger partial charge is 0.454 e. The highest BCUT2D eigenvalue weighted by Gasteiger charge is 2.21. The van der Waals surface area contributed by atoms with Gasteiger partial charge in [0.25, 0.3) is 0 Å². The third kappa shape index (κ3) is 3.67. The molecule has 1 atom stereocenters. The quantitative estimate of drug-likeness (QED) is 0.668. The molecule has 0 fully saturated rings. The fourth-order valence-electron chi connectivity index (χ4n) is 2.12. The van der Waals surface area contributed by atoms with Crippen LogP contribution in [0.5, 0.6) is 0 Å². The Morgan fingerprint density at radius 1 is 1.42 bits per heavy atom. The maximum atomic E-state index is 11.6. The molecule has 0 saturated heterocycles. The van der Waals surface area contributed by atoms with Crippen LogP contribution in [-0.2, 0) is 15.1 Å². The van der Waals surface area contributed by atoms with Crippen molar-refractivity contribution >= 4 is 5.97 Å². The molecule has 1 unspecified atom stereocenters. The second-order valence-corrected chi connectivity index (χ2v) is 5.57. The molecule has 1 rings (SSSR count). The molecule has 19 heavy (non-hydrogen) atoms. The van der Waals surface area contributed by atoms with Gasteiger partial charge in [-0.1, -0.05) is 24.8 Å². The highest BCUT2D eigenvalue weighted by molar-refractivity contribution is 5.87. The lowest BCUT2D eigenvalue weighted by Gasteiger charge is -2.25. The minimum Gasteiger partial charge on any atom is -0.454 e. The van der Waals surface area contributed by atoms with Crippen molar-refractivity contribution < 1.29 is 9.53 Å². The summed E-state index contributed by atoms with van der Waals surface area (Å²) in [7, 11) is 0. The number of hydrogen-bond donors (Lipinski definition) is 1. The number of esters is 1. The lowest BCUT2D eigenvalue weighted by Crippen LogP contribution is -2.30. The number of benzene rings is 1. The summed E-state index contributed by atoms with van der Waals surface area (Å²) in [5.41, 5.74) is 9.24. The first kappa shape index (κ1) is 15.4. The van der Waals surface area contributed by atoms with Crippen LogP contribution in [-0.4, -0.2) is 5.97 Å². The number of rotatable bonds is 4. The molecule has 0 amide bonds. The Morgan fingerprint density at radius 3 is 2.47 bits per heavy atom. The summed E-state index contributed by atoms with van der Waals surface area (Å²) < 4.78 is 5.37. The molecule has 104 valence electrons. The minimum atomic E-state index is -0.418. The number of ether oxygens (including phenoxy) is 1. The van der Waals surface area contributed by atoms with Crippen LogP contribution in [0.1, 0.15) is 50.5 Å². The van der Waals surface area contributed by atoms with Crippen molar-refractivity contribution in [2.24, 2.45) is 5.73 Å². The molecule has 1 aromatic rings. The minimum absolute atomic E-state index is 0.313. The van der Waals surface area contributed by atoms with Crippen LogP contribution in [0.25, 0.3) is 0 Å². The van der Waals surface area contributed by atoms with Gasteiger partial charge in [-0.25, -0.2) is 4.79 Å². The molecule has 0 spiro atoms. The highest BCUT2D eigenvalue weighted by atomic mass is 16.5. The molecule has 0 aliphatic carbocycles. The second-order valence-electron chi connectivity index (χ2n) is 5.57. The molecule has 0 saturated carbocycles. The molecule has 0 aliphatic heterocycles. The van der Waals surface area contributed by atoms with E-state index in [1.807, 2.05) is 45.9 Å². The van der Waals surface area contributed by atoms with Gasteiger partial charge in [-0.2, -0.15) is 0 Å². The van der Waals surface area contributed by atoms with Gasteiger partial charge in [0.2, 0.25) is 0 Å². The fraction of sp³-hybridized carbons (Fsp3) is 0.438. The van der Waals surface area contributed by atoms with E-state index in [-0.39, 0.29) is 12.1 Å². The lowest BCUT2D eigenvalue weighted by molar-refractivity contribution is -0.143. The molecule has 0 radical (unpaired) electrons. The van der Waals surface area contributed by atoms with Gasteiger partial charge >= 0.3 is 5.97 Å². The molecule has 2 N–H and O–H groups in total. The van der Waals surface area contributed by atoms with E-state index in [1.165, 1.54) is 0 Å². The van der Waals surface area contributed by atoms with Crippen LogP contribution in [0, 0.1) is 6.92 Å². The van der Waals surface area contributed by atoms with Gasteiger partial charge in [-0.05, 0) is 51.3 Å². The van der Waals surface area contributed by atoms with Gasteiger partial charge in [0.05, 0.1) is 0 Å². The Hall–Kier alpha value is -1.61. The van der Waals surface area contributed by atoms with Crippen LogP contribution < -0.4 is 5.73 Å². The van der Waals surface area contributed by atoms with Gasteiger partial charge in [0, 0.05) is 11.1 Å². The van der Waals surface area contributed by atoms with Crippen LogP contribution in [0.15, 0.2) is 30.4 Å². The topological polar surface area (TPSA) is 52.3 Å². The van der Waals surface area contributed by atoms with Crippen LogP contribution >= 0.6 is 0 Å². The maximum absolute atomic E-state index is 11.6. The molecule has 0 aliphatic rings. The van der Waals surface area contributed by atoms with E-state index in [0.717, 1.165) is 16.7 Å². The average molecular weight is 261 g/mol. The number of hydrogen-bond acceptors (Lipinski definition) is 3.